The molecule has 6 nitrogen and oxygen atoms in total. The maximum absolute atomic E-state index is 12.2. The van der Waals surface area contributed by atoms with Gasteiger partial charge >= 0.3 is 0 Å². The molecule has 3 heterocycles. The van der Waals surface area contributed by atoms with Gasteiger partial charge in [-0.05, 0) is 35.6 Å². The number of rotatable bonds is 6. The molecule has 124 valence electrons. The highest BCUT2D eigenvalue weighted by atomic mass is 32.1. The van der Waals surface area contributed by atoms with Crippen molar-refractivity contribution < 1.29 is 9.53 Å². The summed E-state index contributed by atoms with van der Waals surface area (Å²) in [5.41, 5.74) is 1.32. The fourth-order valence-corrected chi connectivity index (χ4v) is 4.02. The Morgan fingerprint density at radius 3 is 3.35 bits per heavy atom. The number of aromatic amines is 1. The number of H-pyrrole nitrogens is 1. The van der Waals surface area contributed by atoms with Gasteiger partial charge in [0, 0.05) is 24.4 Å². The Morgan fingerprint density at radius 1 is 1.65 bits per heavy atom. The van der Waals surface area contributed by atoms with Gasteiger partial charge in [-0.2, -0.15) is 5.10 Å². The summed E-state index contributed by atoms with van der Waals surface area (Å²) in [7, 11) is 0. The van der Waals surface area contributed by atoms with Crippen molar-refractivity contribution in [3.63, 3.8) is 0 Å². The van der Waals surface area contributed by atoms with E-state index >= 15 is 0 Å². The lowest BCUT2D eigenvalue weighted by Gasteiger charge is -2.22. The highest BCUT2D eigenvalue weighted by molar-refractivity contribution is 7.71. The maximum Gasteiger partial charge on any atom is 0.223 e. The summed E-state index contributed by atoms with van der Waals surface area (Å²) in [6.07, 6.45) is 2.00. The van der Waals surface area contributed by atoms with Gasteiger partial charge in [0.15, 0.2) is 4.77 Å². The van der Waals surface area contributed by atoms with E-state index in [0.717, 1.165) is 18.7 Å². The van der Waals surface area contributed by atoms with Crippen LogP contribution in [0.5, 0.6) is 0 Å². The Hall–Kier alpha value is -1.51. The minimum atomic E-state index is -0.110. The number of thiophene rings is 1. The van der Waals surface area contributed by atoms with Crippen LogP contribution in [0.2, 0.25) is 0 Å². The highest BCUT2D eigenvalue weighted by Crippen LogP contribution is 2.33. The molecule has 0 saturated heterocycles. The van der Waals surface area contributed by atoms with Crippen LogP contribution in [0.15, 0.2) is 11.4 Å². The summed E-state index contributed by atoms with van der Waals surface area (Å²) >= 11 is 6.87. The molecule has 2 aromatic rings. The number of aryl methyl sites for hydroxylation is 1. The summed E-state index contributed by atoms with van der Waals surface area (Å²) in [5.74, 6) is 0.910. The molecule has 3 rings (SSSR count). The summed E-state index contributed by atoms with van der Waals surface area (Å²) in [6.45, 7) is 3.87. The molecule has 1 amide bonds. The Morgan fingerprint density at radius 2 is 2.52 bits per heavy atom. The number of fused-ring (bicyclic) bond motifs is 1. The largest absolute Gasteiger partial charge is 0.372 e. The monoisotopic (exact) mass is 352 g/mol. The maximum atomic E-state index is 12.2. The van der Waals surface area contributed by atoms with Crippen LogP contribution in [0.25, 0.3) is 0 Å². The van der Waals surface area contributed by atoms with E-state index in [1.165, 1.54) is 10.4 Å². The summed E-state index contributed by atoms with van der Waals surface area (Å²) in [6, 6.07) is 2.13. The molecular weight excluding hydrogens is 332 g/mol. The summed E-state index contributed by atoms with van der Waals surface area (Å²) in [4.78, 5) is 13.4. The third kappa shape index (κ3) is 3.70. The molecule has 23 heavy (non-hydrogen) atoms. The molecule has 8 heteroatoms. The molecule has 2 N–H and O–H groups in total. The molecule has 0 spiro atoms. The van der Waals surface area contributed by atoms with Gasteiger partial charge in [-0.3, -0.25) is 9.89 Å². The Kier molecular flexibility index (Phi) is 5.24. The second-order valence-corrected chi connectivity index (χ2v) is 6.76. The van der Waals surface area contributed by atoms with Crippen molar-refractivity contribution in [1.29, 1.82) is 0 Å². The van der Waals surface area contributed by atoms with Gasteiger partial charge in [0.05, 0.1) is 13.0 Å². The fraction of sp³-hybridized carbons (Fsp3) is 0.533. The number of hydrogen-bond donors (Lipinski definition) is 2. The van der Waals surface area contributed by atoms with E-state index in [0.29, 0.717) is 30.9 Å². The van der Waals surface area contributed by atoms with E-state index in [4.69, 9.17) is 17.0 Å². The molecule has 0 bridgehead atoms. The summed E-state index contributed by atoms with van der Waals surface area (Å²) < 4.78 is 8.27. The molecule has 0 fully saturated rings. The van der Waals surface area contributed by atoms with E-state index in [-0.39, 0.29) is 12.0 Å². The van der Waals surface area contributed by atoms with Gasteiger partial charge < -0.3 is 14.6 Å². The minimum Gasteiger partial charge on any atom is -0.372 e. The first kappa shape index (κ1) is 16.4. The molecule has 0 unspecified atom stereocenters. The Bertz CT molecular complexity index is 734. The van der Waals surface area contributed by atoms with Crippen LogP contribution >= 0.6 is 23.6 Å². The van der Waals surface area contributed by atoms with Gasteiger partial charge in [0.2, 0.25) is 5.91 Å². The fourth-order valence-electron chi connectivity index (χ4n) is 2.77. The van der Waals surface area contributed by atoms with Gasteiger partial charge in [0.1, 0.15) is 11.9 Å². The summed E-state index contributed by atoms with van der Waals surface area (Å²) in [5, 5.41) is 12.0. The quantitative estimate of drug-likeness (QED) is 0.783. The molecule has 1 aliphatic rings. The van der Waals surface area contributed by atoms with Crippen molar-refractivity contribution in [2.24, 2.45) is 0 Å². The topological polar surface area (TPSA) is 71.9 Å². The first-order chi connectivity index (χ1) is 11.2. The van der Waals surface area contributed by atoms with Gasteiger partial charge in [-0.25, -0.2) is 0 Å². The van der Waals surface area contributed by atoms with Gasteiger partial charge in [-0.15, -0.1) is 11.3 Å². The molecule has 0 aliphatic carbocycles. The third-order valence-electron chi connectivity index (χ3n) is 3.95. The van der Waals surface area contributed by atoms with Crippen LogP contribution in [0, 0.1) is 4.77 Å². The zero-order valence-corrected chi connectivity index (χ0v) is 14.6. The second-order valence-electron chi connectivity index (χ2n) is 5.42. The van der Waals surface area contributed by atoms with Crippen LogP contribution in [0.1, 0.15) is 35.7 Å². The average molecular weight is 352 g/mol. The van der Waals surface area contributed by atoms with Gasteiger partial charge in [-0.1, -0.05) is 6.92 Å². The first-order valence-corrected chi connectivity index (χ1v) is 9.06. The van der Waals surface area contributed by atoms with Crippen LogP contribution in [0.4, 0.5) is 0 Å². The normalized spacial score (nSPS) is 17.0. The first-order valence-electron chi connectivity index (χ1n) is 7.77. The number of carbonyl (C=O) groups excluding carboxylic acids is 1. The second kappa shape index (κ2) is 7.37. The standard InChI is InChI=1S/C15H20N4O2S2/c1-2-12-17-18-15(22)19(12)6-5-16-13(20)9-11-14-10(3-7-21-11)4-8-23-14/h4,8,11H,2-3,5-7,9H2,1H3,(H,16,20)(H,18,22)/t11-/m1/s1. The molecule has 0 radical (unpaired) electrons. The van der Waals surface area contributed by atoms with E-state index < -0.39 is 0 Å². The highest BCUT2D eigenvalue weighted by Gasteiger charge is 2.24. The lowest BCUT2D eigenvalue weighted by molar-refractivity contribution is -0.124. The van der Waals surface area contributed by atoms with E-state index in [9.17, 15) is 4.79 Å². The molecular formula is C15H20N4O2S2. The van der Waals surface area contributed by atoms with Crippen molar-refractivity contribution in [1.82, 2.24) is 20.1 Å². The van der Waals surface area contributed by atoms with Crippen LogP contribution in [-0.2, 0) is 28.9 Å². The smallest absolute Gasteiger partial charge is 0.223 e. The Balaban J connectivity index is 1.51. The molecule has 1 atom stereocenters. The number of hydrogen-bond acceptors (Lipinski definition) is 5. The van der Waals surface area contributed by atoms with E-state index in [1.807, 2.05) is 11.5 Å². The average Bonchev–Trinajstić information content (AvgIpc) is 3.15. The lowest BCUT2D eigenvalue weighted by atomic mass is 10.1. The van der Waals surface area contributed by atoms with Crippen LogP contribution in [0.3, 0.4) is 0 Å². The molecule has 2 aromatic heterocycles. The third-order valence-corrected chi connectivity index (χ3v) is 5.31. The van der Waals surface area contributed by atoms with Crippen molar-refractivity contribution in [3.8, 4) is 0 Å². The van der Waals surface area contributed by atoms with E-state index in [2.05, 4.69) is 27.0 Å². The van der Waals surface area contributed by atoms with Crippen molar-refractivity contribution in [2.45, 2.75) is 38.8 Å². The lowest BCUT2D eigenvalue weighted by Crippen LogP contribution is -2.30. The SMILES string of the molecule is CCc1n[nH]c(=S)n1CCNC(=O)C[C@H]1OCCc2ccsc21. The van der Waals surface area contributed by atoms with Crippen molar-refractivity contribution in [3.05, 3.63) is 32.5 Å². The zero-order chi connectivity index (χ0) is 16.2. The number of ether oxygens (including phenoxy) is 1. The Labute approximate surface area is 143 Å². The number of carbonyl (C=O) groups is 1. The zero-order valence-electron chi connectivity index (χ0n) is 13.0. The van der Waals surface area contributed by atoms with Crippen LogP contribution < -0.4 is 5.32 Å². The predicted octanol–water partition coefficient (Wildman–Crippen LogP) is 2.38. The number of nitrogens with zero attached hydrogens (tertiary/aromatic N) is 2. The molecule has 0 saturated carbocycles. The molecule has 0 aromatic carbocycles. The van der Waals surface area contributed by atoms with Crippen LogP contribution in [-0.4, -0.2) is 33.8 Å². The van der Waals surface area contributed by atoms with E-state index in [1.54, 1.807) is 11.3 Å². The molecule has 1 aliphatic heterocycles. The van der Waals surface area contributed by atoms with Gasteiger partial charge in [0.25, 0.3) is 0 Å². The number of nitrogens with one attached hydrogen (secondary N) is 2. The van der Waals surface area contributed by atoms with Crippen molar-refractivity contribution >= 4 is 29.5 Å². The van der Waals surface area contributed by atoms with Crippen molar-refractivity contribution in [2.75, 3.05) is 13.2 Å². The number of amides is 1. The predicted molar refractivity (Wildman–Crippen MR) is 91.1 cm³/mol. The number of aromatic nitrogens is 3. The minimum absolute atomic E-state index is 0.00399.